The van der Waals surface area contributed by atoms with Crippen molar-refractivity contribution < 1.29 is 0 Å². The number of piperidine rings is 1. The molecule has 0 spiro atoms. The maximum absolute atomic E-state index is 6.24. The van der Waals surface area contributed by atoms with Crippen LogP contribution in [-0.2, 0) is 6.54 Å². The smallest absolute Gasteiger partial charge is 0.0465 e. The largest absolute Gasteiger partial charge is 0.316 e. The molecule has 0 atom stereocenters. The average molecular weight is 315 g/mol. The maximum Gasteiger partial charge on any atom is 0.0465 e. The molecule has 0 amide bonds. The van der Waals surface area contributed by atoms with Gasteiger partial charge >= 0.3 is 0 Å². The fourth-order valence-electron chi connectivity index (χ4n) is 2.74. The molecule has 0 unspecified atom stereocenters. The number of hydrogen-bond donors (Lipinski definition) is 1. The summed E-state index contributed by atoms with van der Waals surface area (Å²) in [4.78, 5) is 2.46. The monoisotopic (exact) mass is 314 g/mol. The Morgan fingerprint density at radius 1 is 1.20 bits per heavy atom. The molecule has 0 saturated carbocycles. The van der Waals surface area contributed by atoms with Crippen LogP contribution in [0, 0.1) is 5.92 Å². The van der Waals surface area contributed by atoms with Crippen molar-refractivity contribution in [2.24, 2.45) is 5.92 Å². The Kier molecular flexibility index (Phi) is 6.63. The van der Waals surface area contributed by atoms with Gasteiger partial charge < -0.3 is 5.32 Å². The second-order valence-electron chi connectivity index (χ2n) is 5.62. The van der Waals surface area contributed by atoms with Gasteiger partial charge in [-0.25, -0.2) is 0 Å². The van der Waals surface area contributed by atoms with Crippen LogP contribution in [0.25, 0.3) is 0 Å². The Morgan fingerprint density at radius 2 is 1.85 bits per heavy atom. The molecule has 2 rings (SSSR count). The van der Waals surface area contributed by atoms with Gasteiger partial charge in [0, 0.05) is 22.2 Å². The molecule has 0 radical (unpaired) electrons. The highest BCUT2D eigenvalue weighted by molar-refractivity contribution is 6.35. The van der Waals surface area contributed by atoms with Crippen molar-refractivity contribution in [1.82, 2.24) is 10.2 Å². The number of halogens is 2. The number of hydrogen-bond acceptors (Lipinski definition) is 2. The fraction of sp³-hybridized carbons (Fsp3) is 0.625. The minimum Gasteiger partial charge on any atom is -0.316 e. The first-order valence-corrected chi connectivity index (χ1v) is 8.32. The standard InChI is InChI=1S/C16H24Cl2N2/c1-2-8-19-11-13-6-9-20(10-7-13)12-14-15(17)4-3-5-16(14)18/h3-5,13,19H,2,6-12H2,1H3. The summed E-state index contributed by atoms with van der Waals surface area (Å²) in [6, 6.07) is 5.74. The van der Waals surface area contributed by atoms with Gasteiger partial charge in [0.1, 0.15) is 0 Å². The molecule has 1 aliphatic rings. The maximum atomic E-state index is 6.24. The fourth-order valence-corrected chi connectivity index (χ4v) is 3.26. The summed E-state index contributed by atoms with van der Waals surface area (Å²) in [6.07, 6.45) is 3.74. The van der Waals surface area contributed by atoms with E-state index < -0.39 is 0 Å². The van der Waals surface area contributed by atoms with E-state index in [0.717, 1.165) is 54.3 Å². The van der Waals surface area contributed by atoms with Gasteiger partial charge in [-0.2, -0.15) is 0 Å². The molecule has 1 fully saturated rings. The Labute approximate surface area is 132 Å². The molecule has 1 saturated heterocycles. The molecule has 20 heavy (non-hydrogen) atoms. The second-order valence-corrected chi connectivity index (χ2v) is 6.44. The predicted octanol–water partition coefficient (Wildman–Crippen LogP) is 4.21. The van der Waals surface area contributed by atoms with Crippen LogP contribution in [0.4, 0.5) is 0 Å². The zero-order valence-electron chi connectivity index (χ0n) is 12.2. The third-order valence-corrected chi connectivity index (χ3v) is 4.72. The van der Waals surface area contributed by atoms with E-state index in [2.05, 4.69) is 17.1 Å². The van der Waals surface area contributed by atoms with Gasteiger partial charge in [-0.05, 0) is 63.5 Å². The van der Waals surface area contributed by atoms with Crippen LogP contribution in [-0.4, -0.2) is 31.1 Å². The van der Waals surface area contributed by atoms with Crippen molar-refractivity contribution in [2.75, 3.05) is 26.2 Å². The lowest BCUT2D eigenvalue weighted by molar-refractivity contribution is 0.175. The van der Waals surface area contributed by atoms with E-state index in [0.29, 0.717) is 0 Å². The van der Waals surface area contributed by atoms with E-state index in [-0.39, 0.29) is 0 Å². The molecule has 0 aromatic heterocycles. The summed E-state index contributed by atoms with van der Waals surface area (Å²) in [5, 5.41) is 5.09. The zero-order valence-corrected chi connectivity index (χ0v) is 13.7. The number of nitrogens with zero attached hydrogens (tertiary/aromatic N) is 1. The van der Waals surface area contributed by atoms with Gasteiger partial charge in [0.15, 0.2) is 0 Å². The first-order chi connectivity index (χ1) is 9.70. The number of likely N-dealkylation sites (tertiary alicyclic amines) is 1. The third-order valence-electron chi connectivity index (χ3n) is 4.01. The summed E-state index contributed by atoms with van der Waals surface area (Å²) < 4.78 is 0. The summed E-state index contributed by atoms with van der Waals surface area (Å²) in [5.41, 5.74) is 1.07. The van der Waals surface area contributed by atoms with Gasteiger partial charge in [0.2, 0.25) is 0 Å². The van der Waals surface area contributed by atoms with E-state index in [9.17, 15) is 0 Å². The molecule has 2 nitrogen and oxygen atoms in total. The molecule has 112 valence electrons. The lowest BCUT2D eigenvalue weighted by atomic mass is 9.96. The molecule has 0 aliphatic carbocycles. The normalized spacial score (nSPS) is 17.6. The Bertz CT molecular complexity index is 395. The highest BCUT2D eigenvalue weighted by Gasteiger charge is 2.20. The highest BCUT2D eigenvalue weighted by Crippen LogP contribution is 2.27. The Morgan fingerprint density at radius 3 is 2.45 bits per heavy atom. The second kappa shape index (κ2) is 8.23. The first-order valence-electron chi connectivity index (χ1n) is 7.56. The molecular formula is C16H24Cl2N2. The van der Waals surface area contributed by atoms with Crippen LogP contribution >= 0.6 is 23.2 Å². The molecular weight excluding hydrogens is 291 g/mol. The van der Waals surface area contributed by atoms with Crippen LogP contribution in [0.2, 0.25) is 10.0 Å². The van der Waals surface area contributed by atoms with Crippen molar-refractivity contribution in [3.05, 3.63) is 33.8 Å². The van der Waals surface area contributed by atoms with E-state index in [1.165, 1.54) is 19.3 Å². The molecule has 1 heterocycles. The van der Waals surface area contributed by atoms with Crippen LogP contribution in [0.5, 0.6) is 0 Å². The molecule has 1 aromatic carbocycles. The molecule has 1 aliphatic heterocycles. The minimum absolute atomic E-state index is 0.782. The first kappa shape index (κ1) is 16.1. The number of nitrogens with one attached hydrogen (secondary N) is 1. The lowest BCUT2D eigenvalue weighted by Gasteiger charge is -2.32. The quantitative estimate of drug-likeness (QED) is 0.791. The molecule has 1 aromatic rings. The summed E-state index contributed by atoms with van der Waals surface area (Å²) >= 11 is 12.5. The van der Waals surface area contributed by atoms with Crippen LogP contribution in [0.15, 0.2) is 18.2 Å². The Balaban J connectivity index is 1.80. The van der Waals surface area contributed by atoms with Crippen LogP contribution < -0.4 is 5.32 Å². The summed E-state index contributed by atoms with van der Waals surface area (Å²) in [5.74, 6) is 0.819. The number of benzene rings is 1. The zero-order chi connectivity index (χ0) is 14.4. The van der Waals surface area contributed by atoms with Gasteiger partial charge in [-0.1, -0.05) is 36.2 Å². The van der Waals surface area contributed by atoms with Crippen LogP contribution in [0.1, 0.15) is 31.7 Å². The SMILES string of the molecule is CCCNCC1CCN(Cc2c(Cl)cccc2Cl)CC1. The Hall–Kier alpha value is -0.280. The van der Waals surface area contributed by atoms with Gasteiger partial charge in [0.05, 0.1) is 0 Å². The lowest BCUT2D eigenvalue weighted by Crippen LogP contribution is -2.37. The molecule has 0 bridgehead atoms. The molecule has 4 heteroatoms. The van der Waals surface area contributed by atoms with Gasteiger partial charge in [0.25, 0.3) is 0 Å². The van der Waals surface area contributed by atoms with E-state index in [1.807, 2.05) is 18.2 Å². The summed E-state index contributed by atoms with van der Waals surface area (Å²) in [7, 11) is 0. The third kappa shape index (κ3) is 4.63. The molecule has 1 N–H and O–H groups in total. The van der Waals surface area contributed by atoms with Crippen molar-refractivity contribution in [3.63, 3.8) is 0 Å². The van der Waals surface area contributed by atoms with E-state index in [1.54, 1.807) is 0 Å². The average Bonchev–Trinajstić information content (AvgIpc) is 2.45. The van der Waals surface area contributed by atoms with Gasteiger partial charge in [-0.15, -0.1) is 0 Å². The van der Waals surface area contributed by atoms with Crippen molar-refractivity contribution in [3.8, 4) is 0 Å². The highest BCUT2D eigenvalue weighted by atomic mass is 35.5. The number of rotatable bonds is 6. The minimum atomic E-state index is 0.782. The topological polar surface area (TPSA) is 15.3 Å². The van der Waals surface area contributed by atoms with Crippen molar-refractivity contribution in [2.45, 2.75) is 32.7 Å². The van der Waals surface area contributed by atoms with Crippen LogP contribution in [0.3, 0.4) is 0 Å². The van der Waals surface area contributed by atoms with Crippen molar-refractivity contribution in [1.29, 1.82) is 0 Å². The van der Waals surface area contributed by atoms with Gasteiger partial charge in [-0.3, -0.25) is 4.90 Å². The van der Waals surface area contributed by atoms with E-state index >= 15 is 0 Å². The van der Waals surface area contributed by atoms with E-state index in [4.69, 9.17) is 23.2 Å². The summed E-state index contributed by atoms with van der Waals surface area (Å²) in [6.45, 7) is 7.65. The van der Waals surface area contributed by atoms with Crippen molar-refractivity contribution >= 4 is 23.2 Å². The predicted molar refractivity (Wildman–Crippen MR) is 87.6 cm³/mol.